The molecule has 6 heteroatoms. The Morgan fingerprint density at radius 2 is 2.10 bits per heavy atom. The number of hydrogen-bond acceptors (Lipinski definition) is 4. The maximum Gasteiger partial charge on any atom is 0.231 e. The molecule has 2 fully saturated rings. The average molecular weight is 297 g/mol. The van der Waals surface area contributed by atoms with Crippen molar-refractivity contribution < 1.29 is 4.79 Å². The summed E-state index contributed by atoms with van der Waals surface area (Å²) in [5, 5.41) is 2.98. The topological polar surface area (TPSA) is 47.9 Å². The number of likely N-dealkylation sites (N-methyl/N-ethyl adjacent to an activating group) is 1. The average Bonchev–Trinajstić information content (AvgIpc) is 2.94. The van der Waals surface area contributed by atoms with E-state index in [0.29, 0.717) is 6.04 Å². The Morgan fingerprint density at radius 1 is 1.40 bits per heavy atom. The second-order valence-corrected chi connectivity index (χ2v) is 6.29. The Bertz CT molecular complexity index is 470. The van der Waals surface area contributed by atoms with Crippen LogP contribution >= 0.6 is 11.6 Å². The fourth-order valence-electron chi connectivity index (χ4n) is 3.34. The van der Waals surface area contributed by atoms with Gasteiger partial charge >= 0.3 is 0 Å². The lowest BCUT2D eigenvalue weighted by Gasteiger charge is -2.34. The van der Waals surface area contributed by atoms with E-state index in [1.807, 2.05) is 20.2 Å². The van der Waals surface area contributed by atoms with Gasteiger partial charge in [-0.1, -0.05) is 31.4 Å². The van der Waals surface area contributed by atoms with Gasteiger partial charge in [-0.15, -0.1) is 0 Å². The number of carbonyl (C=O) groups is 1. The van der Waals surface area contributed by atoms with E-state index >= 15 is 0 Å². The zero-order valence-electron chi connectivity index (χ0n) is 12.0. The predicted molar refractivity (Wildman–Crippen MR) is 79.2 cm³/mol. The van der Waals surface area contributed by atoms with Crippen molar-refractivity contribution in [3.8, 4) is 0 Å². The van der Waals surface area contributed by atoms with Crippen LogP contribution in [-0.2, 0) is 4.79 Å². The van der Waals surface area contributed by atoms with Crippen molar-refractivity contribution in [2.24, 2.45) is 10.9 Å². The molecule has 0 aromatic rings. The van der Waals surface area contributed by atoms with Gasteiger partial charge in [0.15, 0.2) is 11.5 Å². The molecule has 1 aliphatic carbocycles. The van der Waals surface area contributed by atoms with Crippen molar-refractivity contribution in [2.75, 3.05) is 13.6 Å². The molecule has 0 spiro atoms. The first-order valence-electron chi connectivity index (χ1n) is 7.30. The summed E-state index contributed by atoms with van der Waals surface area (Å²) < 4.78 is 0. The van der Waals surface area contributed by atoms with Gasteiger partial charge in [0.2, 0.25) is 5.91 Å². The Hall–Kier alpha value is -1.23. The fraction of sp³-hybridized carbons (Fsp3) is 0.714. The van der Waals surface area contributed by atoms with Crippen LogP contribution in [-0.4, -0.2) is 46.8 Å². The SMILES string of the molecule is CC1CN(C2CCCC2)C2=NC(Cl)NC=C2N(C)C1=O. The van der Waals surface area contributed by atoms with Crippen LogP contribution in [0.3, 0.4) is 0 Å². The number of alkyl halides is 1. The normalized spacial score (nSPS) is 31.4. The molecule has 2 aliphatic heterocycles. The van der Waals surface area contributed by atoms with E-state index in [4.69, 9.17) is 11.6 Å². The minimum absolute atomic E-state index is 0.0245. The van der Waals surface area contributed by atoms with Crippen molar-refractivity contribution >= 4 is 23.3 Å². The molecule has 1 saturated carbocycles. The lowest BCUT2D eigenvalue weighted by Crippen LogP contribution is -2.44. The van der Waals surface area contributed by atoms with Gasteiger partial charge in [0, 0.05) is 25.8 Å². The second-order valence-electron chi connectivity index (χ2n) is 5.87. The number of aliphatic imine (C=N–C) groups is 1. The first kappa shape index (κ1) is 13.7. The molecule has 1 saturated heterocycles. The molecule has 110 valence electrons. The van der Waals surface area contributed by atoms with Gasteiger partial charge in [-0.3, -0.25) is 4.79 Å². The van der Waals surface area contributed by atoms with Gasteiger partial charge < -0.3 is 15.1 Å². The number of hydrogen-bond donors (Lipinski definition) is 1. The zero-order chi connectivity index (χ0) is 14.3. The molecule has 3 aliphatic rings. The number of amidine groups is 1. The quantitative estimate of drug-likeness (QED) is 0.592. The maximum absolute atomic E-state index is 12.4. The van der Waals surface area contributed by atoms with E-state index in [1.54, 1.807) is 4.90 Å². The third kappa shape index (κ3) is 2.28. The van der Waals surface area contributed by atoms with Crippen molar-refractivity contribution in [1.82, 2.24) is 15.1 Å². The van der Waals surface area contributed by atoms with Gasteiger partial charge in [-0.2, -0.15) is 0 Å². The highest BCUT2D eigenvalue weighted by Crippen LogP contribution is 2.30. The van der Waals surface area contributed by atoms with E-state index in [9.17, 15) is 4.79 Å². The number of fused-ring (bicyclic) bond motifs is 1. The Kier molecular flexibility index (Phi) is 3.63. The first-order chi connectivity index (χ1) is 9.58. The molecule has 0 bridgehead atoms. The van der Waals surface area contributed by atoms with Crippen LogP contribution in [0, 0.1) is 5.92 Å². The molecule has 0 aromatic carbocycles. The second kappa shape index (κ2) is 5.28. The number of carbonyl (C=O) groups excluding carboxylic acids is 1. The molecule has 1 amide bonds. The molecule has 20 heavy (non-hydrogen) atoms. The van der Waals surface area contributed by atoms with Crippen LogP contribution in [0.25, 0.3) is 0 Å². The largest absolute Gasteiger partial charge is 0.355 e. The molecule has 0 radical (unpaired) electrons. The standard InChI is InChI=1S/C14H21ClN4O/c1-9-8-19(10-5-3-4-6-10)12-11(18(2)13(9)20)7-16-14(15)17-12/h7,9-10,14,16H,3-6,8H2,1-2H3. The maximum atomic E-state index is 12.4. The van der Waals surface area contributed by atoms with Crippen LogP contribution in [0.15, 0.2) is 16.9 Å². The van der Waals surface area contributed by atoms with Gasteiger partial charge in [0.1, 0.15) is 5.70 Å². The minimum Gasteiger partial charge on any atom is -0.355 e. The van der Waals surface area contributed by atoms with Gasteiger partial charge in [0.25, 0.3) is 0 Å². The number of amides is 1. The molecule has 0 aromatic heterocycles. The van der Waals surface area contributed by atoms with Crippen LogP contribution in [0.4, 0.5) is 0 Å². The number of nitrogens with one attached hydrogen (secondary N) is 1. The van der Waals surface area contributed by atoms with E-state index in [1.165, 1.54) is 25.7 Å². The van der Waals surface area contributed by atoms with Gasteiger partial charge in [-0.25, -0.2) is 4.99 Å². The predicted octanol–water partition coefficient (Wildman–Crippen LogP) is 1.70. The third-order valence-corrected chi connectivity index (χ3v) is 4.67. The molecule has 2 atom stereocenters. The van der Waals surface area contributed by atoms with Crippen LogP contribution in [0.1, 0.15) is 32.6 Å². The minimum atomic E-state index is -0.449. The summed E-state index contributed by atoms with van der Waals surface area (Å²) in [4.78, 5) is 20.9. The summed E-state index contributed by atoms with van der Waals surface area (Å²) in [5.74, 6) is 0.985. The monoisotopic (exact) mass is 296 g/mol. The summed E-state index contributed by atoms with van der Waals surface area (Å²) in [6.07, 6.45) is 6.69. The highest BCUT2D eigenvalue weighted by molar-refractivity contribution is 6.21. The van der Waals surface area contributed by atoms with Crippen LogP contribution < -0.4 is 5.32 Å². The first-order valence-corrected chi connectivity index (χ1v) is 7.74. The van der Waals surface area contributed by atoms with Crippen molar-refractivity contribution in [1.29, 1.82) is 0 Å². The number of rotatable bonds is 1. The van der Waals surface area contributed by atoms with E-state index < -0.39 is 5.62 Å². The van der Waals surface area contributed by atoms with Gasteiger partial charge in [-0.05, 0) is 12.8 Å². The number of nitrogens with zero attached hydrogens (tertiary/aromatic N) is 3. The fourth-order valence-corrected chi connectivity index (χ4v) is 3.49. The van der Waals surface area contributed by atoms with Crippen LogP contribution in [0.5, 0.6) is 0 Å². The molecule has 3 rings (SSSR count). The third-order valence-electron chi connectivity index (χ3n) is 4.44. The highest BCUT2D eigenvalue weighted by Gasteiger charge is 2.37. The van der Waals surface area contributed by atoms with E-state index in [2.05, 4.69) is 15.2 Å². The zero-order valence-corrected chi connectivity index (χ0v) is 12.7. The molecule has 2 heterocycles. The highest BCUT2D eigenvalue weighted by atomic mass is 35.5. The lowest BCUT2D eigenvalue weighted by atomic mass is 10.1. The van der Waals surface area contributed by atoms with Crippen molar-refractivity contribution in [2.45, 2.75) is 44.3 Å². The molecular weight excluding hydrogens is 276 g/mol. The van der Waals surface area contributed by atoms with E-state index in [0.717, 1.165) is 18.1 Å². The van der Waals surface area contributed by atoms with E-state index in [-0.39, 0.29) is 11.8 Å². The Morgan fingerprint density at radius 3 is 2.80 bits per heavy atom. The molecular formula is C14H21ClN4O. The summed E-state index contributed by atoms with van der Waals surface area (Å²) in [7, 11) is 1.81. The summed E-state index contributed by atoms with van der Waals surface area (Å²) in [6, 6.07) is 0.487. The summed E-state index contributed by atoms with van der Waals surface area (Å²) >= 11 is 6.11. The molecule has 5 nitrogen and oxygen atoms in total. The van der Waals surface area contributed by atoms with Gasteiger partial charge in [0.05, 0.1) is 5.92 Å². The van der Waals surface area contributed by atoms with Crippen molar-refractivity contribution in [3.63, 3.8) is 0 Å². The number of halogens is 1. The summed E-state index contributed by atoms with van der Waals surface area (Å²) in [5.41, 5.74) is 0.387. The van der Waals surface area contributed by atoms with Crippen LogP contribution in [0.2, 0.25) is 0 Å². The Labute approximate surface area is 124 Å². The lowest BCUT2D eigenvalue weighted by molar-refractivity contribution is -0.131. The summed E-state index contributed by atoms with van der Waals surface area (Å²) in [6.45, 7) is 2.72. The Balaban J connectivity index is 1.99. The molecule has 1 N–H and O–H groups in total. The van der Waals surface area contributed by atoms with Crippen molar-refractivity contribution in [3.05, 3.63) is 11.9 Å². The smallest absolute Gasteiger partial charge is 0.231 e. The molecule has 2 unspecified atom stereocenters.